The van der Waals surface area contributed by atoms with Crippen LogP contribution >= 0.6 is 26.0 Å². The van der Waals surface area contributed by atoms with E-state index in [0.717, 1.165) is 0 Å². The molecule has 0 aliphatic carbocycles. The summed E-state index contributed by atoms with van der Waals surface area (Å²) in [5.41, 5.74) is 2.78. The highest BCUT2D eigenvalue weighted by molar-refractivity contribution is 9.10. The highest BCUT2D eigenvalue weighted by Crippen LogP contribution is 2.65. The van der Waals surface area contributed by atoms with Gasteiger partial charge in [-0.1, -0.05) is 52.3 Å². The summed E-state index contributed by atoms with van der Waals surface area (Å²) < 4.78 is 1.17. The second kappa shape index (κ2) is 4.12. The summed E-state index contributed by atoms with van der Waals surface area (Å²) in [6, 6.07) is 20.1. The summed E-state index contributed by atoms with van der Waals surface area (Å²) in [6.45, 7) is 0. The Balaban J connectivity index is 2.25. The lowest BCUT2D eigenvalue weighted by atomic mass is 9.98. The van der Waals surface area contributed by atoms with E-state index in [2.05, 4.69) is 83.0 Å². The van der Waals surface area contributed by atoms with Gasteiger partial charge in [0, 0.05) is 19.6 Å². The maximum absolute atomic E-state index is 3.63. The minimum Gasteiger partial charge on any atom is -0.192 e. The smallest absolute Gasteiger partial charge is 0.0186 e. The summed E-state index contributed by atoms with van der Waals surface area (Å²) in [5, 5.41) is 2.80. The predicted octanol–water partition coefficient (Wildman–Crippen LogP) is 6.06. The highest BCUT2D eigenvalue weighted by Gasteiger charge is 2.29. The Kier molecular flexibility index (Phi) is 2.57. The molecule has 1 aliphatic heterocycles. The van der Waals surface area contributed by atoms with Crippen LogP contribution in [-0.2, 0) is 0 Å². The van der Waals surface area contributed by atoms with Crippen molar-refractivity contribution < 1.29 is 0 Å². The van der Waals surface area contributed by atoms with Gasteiger partial charge in [0.1, 0.15) is 0 Å². The topological polar surface area (TPSA) is 0 Å². The van der Waals surface area contributed by atoms with Crippen LogP contribution in [0.15, 0.2) is 68.9 Å². The van der Waals surface area contributed by atoms with Crippen molar-refractivity contribution in [3.05, 3.63) is 59.1 Å². The lowest BCUT2D eigenvalue weighted by Gasteiger charge is -2.39. The lowest BCUT2D eigenvalue weighted by molar-refractivity contribution is 1.34. The molecule has 0 spiro atoms. The Morgan fingerprint density at radius 2 is 1.55 bits per heavy atom. The minimum atomic E-state index is -0.960. The van der Waals surface area contributed by atoms with E-state index in [1.165, 1.54) is 36.2 Å². The van der Waals surface area contributed by atoms with E-state index in [1.807, 2.05) is 0 Å². The summed E-state index contributed by atoms with van der Waals surface area (Å²) in [4.78, 5) is 2.99. The normalized spacial score (nSPS) is 16.8. The first kappa shape index (κ1) is 12.5. The molecule has 1 aliphatic rings. The molecule has 3 aromatic carbocycles. The van der Waals surface area contributed by atoms with Crippen molar-refractivity contribution >= 4 is 36.7 Å². The summed E-state index contributed by atoms with van der Waals surface area (Å²) in [6.07, 6.45) is 4.81. The molecule has 0 atom stereocenters. The van der Waals surface area contributed by atoms with E-state index in [4.69, 9.17) is 0 Å². The van der Waals surface area contributed by atoms with Gasteiger partial charge in [0.2, 0.25) is 0 Å². The molecule has 0 fully saturated rings. The molecule has 0 nitrogen and oxygen atoms in total. The van der Waals surface area contributed by atoms with Gasteiger partial charge in [0.15, 0.2) is 0 Å². The molecule has 0 saturated carbocycles. The van der Waals surface area contributed by atoms with Gasteiger partial charge >= 0.3 is 0 Å². The van der Waals surface area contributed by atoms with Crippen LogP contribution in [0.2, 0.25) is 0 Å². The van der Waals surface area contributed by atoms with Crippen molar-refractivity contribution in [1.29, 1.82) is 0 Å². The maximum atomic E-state index is 3.63. The zero-order valence-corrected chi connectivity index (χ0v) is 13.9. The third kappa shape index (κ3) is 1.55. The molecule has 0 aromatic heterocycles. The molecule has 1 heterocycles. The van der Waals surface area contributed by atoms with Crippen molar-refractivity contribution in [3.8, 4) is 11.1 Å². The molecule has 4 rings (SSSR count). The standard InChI is InChI=1S/C18H15BrS/c1-20(2)16-8-4-6-12-5-3-7-15(18(12)16)14-10-9-13(19)11-17(14)20/h3-11H,1-2H3. The monoisotopic (exact) mass is 342 g/mol. The minimum absolute atomic E-state index is 0.960. The van der Waals surface area contributed by atoms with Gasteiger partial charge in [-0.3, -0.25) is 0 Å². The number of halogens is 1. The van der Waals surface area contributed by atoms with Gasteiger partial charge in [-0.15, -0.1) is 0 Å². The molecule has 0 amide bonds. The molecule has 0 N–H and O–H groups in total. The van der Waals surface area contributed by atoms with E-state index >= 15 is 0 Å². The first-order valence-electron chi connectivity index (χ1n) is 6.64. The summed E-state index contributed by atoms with van der Waals surface area (Å²) >= 11 is 3.63. The van der Waals surface area contributed by atoms with E-state index < -0.39 is 10.0 Å². The van der Waals surface area contributed by atoms with Gasteiger partial charge in [-0.05, 0) is 47.2 Å². The number of benzene rings is 3. The fourth-order valence-corrected chi connectivity index (χ4v) is 6.27. The Labute approximate surface area is 129 Å². The quantitative estimate of drug-likeness (QED) is 0.465. The summed E-state index contributed by atoms with van der Waals surface area (Å²) in [7, 11) is -0.960. The van der Waals surface area contributed by atoms with E-state index in [9.17, 15) is 0 Å². The second-order valence-corrected chi connectivity index (χ2v) is 10.1. The molecule has 0 saturated heterocycles. The van der Waals surface area contributed by atoms with Crippen LogP contribution in [0.25, 0.3) is 21.9 Å². The predicted molar refractivity (Wildman–Crippen MR) is 93.1 cm³/mol. The first-order chi connectivity index (χ1) is 9.59. The molecule has 0 unspecified atom stereocenters. The van der Waals surface area contributed by atoms with Crippen LogP contribution in [0.1, 0.15) is 0 Å². The van der Waals surface area contributed by atoms with Crippen LogP contribution in [0.4, 0.5) is 0 Å². The fourth-order valence-electron chi connectivity index (χ4n) is 3.22. The van der Waals surface area contributed by atoms with E-state index in [-0.39, 0.29) is 0 Å². The first-order valence-corrected chi connectivity index (χ1v) is 9.88. The van der Waals surface area contributed by atoms with Crippen molar-refractivity contribution in [3.63, 3.8) is 0 Å². The Morgan fingerprint density at radius 3 is 2.35 bits per heavy atom. The van der Waals surface area contributed by atoms with E-state index in [1.54, 1.807) is 0 Å². The molecule has 0 radical (unpaired) electrons. The Hall–Kier alpha value is -1.25. The zero-order valence-electron chi connectivity index (χ0n) is 11.5. The van der Waals surface area contributed by atoms with Gasteiger partial charge in [0.25, 0.3) is 0 Å². The van der Waals surface area contributed by atoms with Gasteiger partial charge < -0.3 is 0 Å². The van der Waals surface area contributed by atoms with E-state index in [0.29, 0.717) is 0 Å². The summed E-state index contributed by atoms with van der Waals surface area (Å²) in [5.74, 6) is 0. The van der Waals surface area contributed by atoms with Crippen molar-refractivity contribution in [2.24, 2.45) is 0 Å². The van der Waals surface area contributed by atoms with Crippen molar-refractivity contribution in [1.82, 2.24) is 0 Å². The molecule has 2 heteroatoms. The van der Waals surface area contributed by atoms with Crippen molar-refractivity contribution in [2.75, 3.05) is 12.5 Å². The third-order valence-electron chi connectivity index (χ3n) is 4.20. The largest absolute Gasteiger partial charge is 0.192 e. The van der Waals surface area contributed by atoms with Gasteiger partial charge in [-0.25, -0.2) is 0 Å². The number of fused-ring (bicyclic) bond motifs is 2. The number of rotatable bonds is 0. The van der Waals surface area contributed by atoms with Gasteiger partial charge in [-0.2, -0.15) is 10.0 Å². The third-order valence-corrected chi connectivity index (χ3v) is 7.57. The fraction of sp³-hybridized carbons (Fsp3) is 0.111. The molecular formula is C18H15BrS. The Morgan fingerprint density at radius 1 is 0.800 bits per heavy atom. The number of hydrogen-bond donors (Lipinski definition) is 0. The maximum Gasteiger partial charge on any atom is 0.0186 e. The average Bonchev–Trinajstić information content (AvgIpc) is 2.45. The SMILES string of the molecule is CS1(C)c2cc(Br)ccc2-c2cccc3cccc1c23. The zero-order chi connectivity index (χ0) is 13.9. The molecule has 20 heavy (non-hydrogen) atoms. The van der Waals surface area contributed by atoms with Crippen LogP contribution in [0, 0.1) is 0 Å². The molecular weight excluding hydrogens is 328 g/mol. The highest BCUT2D eigenvalue weighted by atomic mass is 79.9. The van der Waals surface area contributed by atoms with Crippen LogP contribution in [-0.4, -0.2) is 12.5 Å². The molecule has 100 valence electrons. The lowest BCUT2D eigenvalue weighted by Crippen LogP contribution is -2.06. The average molecular weight is 343 g/mol. The van der Waals surface area contributed by atoms with Crippen LogP contribution in [0.5, 0.6) is 0 Å². The second-order valence-electron chi connectivity index (χ2n) is 5.63. The number of hydrogen-bond acceptors (Lipinski definition) is 0. The van der Waals surface area contributed by atoms with Crippen LogP contribution < -0.4 is 0 Å². The Bertz CT molecular complexity index is 844. The van der Waals surface area contributed by atoms with Crippen molar-refractivity contribution in [2.45, 2.75) is 9.79 Å². The van der Waals surface area contributed by atoms with Gasteiger partial charge in [0.05, 0.1) is 0 Å². The van der Waals surface area contributed by atoms with Crippen LogP contribution in [0.3, 0.4) is 0 Å². The molecule has 3 aromatic rings. The molecule has 0 bridgehead atoms.